The van der Waals surface area contributed by atoms with Gasteiger partial charge in [-0.25, -0.2) is 4.39 Å². The topological polar surface area (TPSA) is 66.9 Å². The quantitative estimate of drug-likeness (QED) is 0.757. The van der Waals surface area contributed by atoms with Gasteiger partial charge in [-0.05, 0) is 42.3 Å². The van der Waals surface area contributed by atoms with Gasteiger partial charge < -0.3 is 4.74 Å². The maximum Gasteiger partial charge on any atom is 0.188 e. The Morgan fingerprint density at radius 2 is 2.04 bits per heavy atom. The van der Waals surface area contributed by atoms with Crippen LogP contribution in [0.1, 0.15) is 34.5 Å². The molecule has 2 aliphatic rings. The number of aromatic nitrogens is 4. The summed E-state index contributed by atoms with van der Waals surface area (Å²) in [6, 6.07) is 13.4. The van der Waals surface area contributed by atoms with E-state index in [1.807, 2.05) is 13.1 Å². The van der Waals surface area contributed by atoms with Crippen LogP contribution in [0.4, 0.5) is 4.39 Å². The minimum absolute atomic E-state index is 0.0100. The highest BCUT2D eigenvalue weighted by atomic mass is 19.1. The Morgan fingerprint density at radius 1 is 1.18 bits per heavy atom. The van der Waals surface area contributed by atoms with E-state index in [1.54, 1.807) is 6.07 Å². The third-order valence-electron chi connectivity index (χ3n) is 5.35. The second-order valence-corrected chi connectivity index (χ2v) is 7.41. The number of tetrazole rings is 1. The summed E-state index contributed by atoms with van der Waals surface area (Å²) in [6.07, 6.45) is 1.56. The summed E-state index contributed by atoms with van der Waals surface area (Å²) < 4.78 is 20.4. The lowest BCUT2D eigenvalue weighted by Crippen LogP contribution is -2.29. The van der Waals surface area contributed by atoms with Crippen molar-refractivity contribution in [2.45, 2.75) is 25.5 Å². The highest BCUT2D eigenvalue weighted by Gasteiger charge is 2.33. The minimum Gasteiger partial charge on any atom is -0.488 e. The molecule has 1 aliphatic carbocycles. The predicted octanol–water partition coefficient (Wildman–Crippen LogP) is 3.03. The number of aromatic amines is 1. The van der Waals surface area contributed by atoms with E-state index >= 15 is 0 Å². The largest absolute Gasteiger partial charge is 0.488 e. The number of likely N-dealkylation sites (N-methyl/N-ethyl adjacent to an activating group) is 1. The van der Waals surface area contributed by atoms with E-state index in [9.17, 15) is 4.39 Å². The van der Waals surface area contributed by atoms with Crippen molar-refractivity contribution in [3.8, 4) is 0 Å². The SMILES string of the molecule is CN(Cc1nn[nH]n1)C[C@H]1CC2=C(O1)c1cc(F)ccc1Cc1ccccc12. The normalized spacial score (nSPS) is 17.8. The van der Waals surface area contributed by atoms with Gasteiger partial charge in [-0.15, -0.1) is 10.2 Å². The van der Waals surface area contributed by atoms with Crippen LogP contribution in [0.2, 0.25) is 0 Å². The van der Waals surface area contributed by atoms with Gasteiger partial charge in [0.05, 0.1) is 6.54 Å². The standard InChI is InChI=1S/C21H20FN5O/c1-27(12-20-23-25-26-24-20)11-16-10-19-17-5-3-2-4-13(17)8-14-6-7-15(22)9-18(14)21(19)28-16/h2-7,9,16H,8,10-12H2,1H3,(H,23,24,25,26)/t16-/m1/s1. The zero-order valence-corrected chi connectivity index (χ0v) is 15.5. The zero-order valence-electron chi connectivity index (χ0n) is 15.5. The number of H-pyrrole nitrogens is 1. The van der Waals surface area contributed by atoms with Gasteiger partial charge in [0.25, 0.3) is 0 Å². The lowest BCUT2D eigenvalue weighted by molar-refractivity contribution is 0.135. The monoisotopic (exact) mass is 377 g/mol. The molecule has 1 aliphatic heterocycles. The Kier molecular flexibility index (Phi) is 4.16. The molecule has 0 fully saturated rings. The first kappa shape index (κ1) is 17.1. The molecular weight excluding hydrogens is 357 g/mol. The molecule has 5 rings (SSSR count). The fourth-order valence-corrected chi connectivity index (χ4v) is 4.15. The molecule has 1 atom stereocenters. The number of hydrogen-bond acceptors (Lipinski definition) is 5. The molecule has 0 saturated carbocycles. The molecule has 2 heterocycles. The molecular formula is C21H20FN5O. The molecule has 0 radical (unpaired) electrons. The van der Waals surface area contributed by atoms with Gasteiger partial charge in [-0.3, -0.25) is 4.90 Å². The third-order valence-corrected chi connectivity index (χ3v) is 5.35. The van der Waals surface area contributed by atoms with Gasteiger partial charge in [0.2, 0.25) is 0 Å². The van der Waals surface area contributed by atoms with Crippen molar-refractivity contribution in [2.75, 3.05) is 13.6 Å². The molecule has 0 unspecified atom stereocenters. The number of fused-ring (bicyclic) bond motifs is 4. The number of rotatable bonds is 4. The van der Waals surface area contributed by atoms with Crippen molar-refractivity contribution in [2.24, 2.45) is 0 Å². The first-order valence-electron chi connectivity index (χ1n) is 9.35. The highest BCUT2D eigenvalue weighted by molar-refractivity contribution is 5.92. The molecule has 28 heavy (non-hydrogen) atoms. The smallest absolute Gasteiger partial charge is 0.188 e. The lowest BCUT2D eigenvalue weighted by Gasteiger charge is -2.21. The molecule has 3 aromatic rings. The average Bonchev–Trinajstić information content (AvgIpc) is 3.31. The Balaban J connectivity index is 1.45. The van der Waals surface area contributed by atoms with Gasteiger partial charge in [0.1, 0.15) is 17.7 Å². The number of hydrogen-bond donors (Lipinski definition) is 1. The molecule has 142 valence electrons. The minimum atomic E-state index is -0.238. The first-order valence-corrected chi connectivity index (χ1v) is 9.35. The Morgan fingerprint density at radius 3 is 2.89 bits per heavy atom. The van der Waals surface area contributed by atoms with E-state index in [0.717, 1.165) is 35.3 Å². The van der Waals surface area contributed by atoms with E-state index in [2.05, 4.69) is 49.8 Å². The predicted molar refractivity (Wildman–Crippen MR) is 102 cm³/mol. The summed E-state index contributed by atoms with van der Waals surface area (Å²) in [5.41, 5.74) is 5.59. The molecule has 1 N–H and O–H groups in total. The molecule has 6 nitrogen and oxygen atoms in total. The van der Waals surface area contributed by atoms with Gasteiger partial charge in [-0.2, -0.15) is 5.21 Å². The van der Waals surface area contributed by atoms with Gasteiger partial charge in [0.15, 0.2) is 5.82 Å². The van der Waals surface area contributed by atoms with Crippen LogP contribution in [0, 0.1) is 5.82 Å². The van der Waals surface area contributed by atoms with Crippen molar-refractivity contribution < 1.29 is 9.13 Å². The van der Waals surface area contributed by atoms with Crippen LogP contribution >= 0.6 is 0 Å². The first-order chi connectivity index (χ1) is 13.7. The van der Waals surface area contributed by atoms with Gasteiger partial charge in [-0.1, -0.05) is 35.5 Å². The lowest BCUT2D eigenvalue weighted by atomic mass is 9.95. The van der Waals surface area contributed by atoms with E-state index in [-0.39, 0.29) is 11.9 Å². The molecule has 2 aromatic carbocycles. The van der Waals surface area contributed by atoms with E-state index in [1.165, 1.54) is 17.2 Å². The number of halogens is 1. The highest BCUT2D eigenvalue weighted by Crippen LogP contribution is 2.44. The second-order valence-electron chi connectivity index (χ2n) is 7.41. The average molecular weight is 377 g/mol. The van der Waals surface area contributed by atoms with Crippen LogP contribution in [0.3, 0.4) is 0 Å². The van der Waals surface area contributed by atoms with Crippen LogP contribution in [-0.4, -0.2) is 45.2 Å². The van der Waals surface area contributed by atoms with Crippen molar-refractivity contribution in [1.29, 1.82) is 0 Å². The summed E-state index contributed by atoms with van der Waals surface area (Å²) in [5.74, 6) is 1.23. The van der Waals surface area contributed by atoms with Crippen LogP contribution in [0.15, 0.2) is 42.5 Å². The Bertz CT molecular complexity index is 1050. The van der Waals surface area contributed by atoms with Crippen molar-refractivity contribution >= 4 is 11.3 Å². The van der Waals surface area contributed by atoms with E-state index in [4.69, 9.17) is 4.74 Å². The fourth-order valence-electron chi connectivity index (χ4n) is 4.15. The van der Waals surface area contributed by atoms with Crippen molar-refractivity contribution in [3.63, 3.8) is 0 Å². The maximum absolute atomic E-state index is 14.0. The second kappa shape index (κ2) is 6.83. The number of nitrogens with zero attached hydrogens (tertiary/aromatic N) is 4. The molecule has 0 spiro atoms. The molecule has 0 amide bonds. The van der Waals surface area contributed by atoms with Crippen LogP contribution < -0.4 is 0 Å². The zero-order chi connectivity index (χ0) is 19.1. The maximum atomic E-state index is 14.0. The number of nitrogens with one attached hydrogen (secondary N) is 1. The van der Waals surface area contributed by atoms with Crippen LogP contribution in [0.5, 0.6) is 0 Å². The van der Waals surface area contributed by atoms with Crippen LogP contribution in [0.25, 0.3) is 11.3 Å². The molecule has 7 heteroatoms. The van der Waals surface area contributed by atoms with Crippen LogP contribution in [-0.2, 0) is 17.7 Å². The molecule has 0 saturated heterocycles. The molecule has 1 aromatic heterocycles. The van der Waals surface area contributed by atoms with Gasteiger partial charge >= 0.3 is 0 Å². The summed E-state index contributed by atoms with van der Waals surface area (Å²) in [6.45, 7) is 1.30. The van der Waals surface area contributed by atoms with Crippen molar-refractivity contribution in [1.82, 2.24) is 25.5 Å². The molecule has 0 bridgehead atoms. The summed E-state index contributed by atoms with van der Waals surface area (Å²) in [4.78, 5) is 2.11. The summed E-state index contributed by atoms with van der Waals surface area (Å²) in [7, 11) is 2.00. The van der Waals surface area contributed by atoms with Gasteiger partial charge in [0, 0.05) is 24.1 Å². The van der Waals surface area contributed by atoms with Crippen molar-refractivity contribution in [3.05, 3.63) is 76.4 Å². The third kappa shape index (κ3) is 3.07. The summed E-state index contributed by atoms with van der Waals surface area (Å²) >= 11 is 0. The van der Waals surface area contributed by atoms with E-state index in [0.29, 0.717) is 18.9 Å². The Hall–Kier alpha value is -3.06. The summed E-state index contributed by atoms with van der Waals surface area (Å²) in [5, 5.41) is 14.1. The number of ether oxygens (including phenoxy) is 1. The fraction of sp³-hybridized carbons (Fsp3) is 0.286. The number of benzene rings is 2. The Labute approximate surface area is 162 Å². The van der Waals surface area contributed by atoms with E-state index < -0.39 is 0 Å².